The van der Waals surface area contributed by atoms with Gasteiger partial charge in [-0.05, 0) is 12.5 Å². The van der Waals surface area contributed by atoms with Crippen molar-refractivity contribution < 1.29 is 18.0 Å². The molecule has 3 N–H and O–H groups in total. The Labute approximate surface area is 131 Å². The fourth-order valence-electron chi connectivity index (χ4n) is 2.15. The minimum atomic E-state index is -4.71. The van der Waals surface area contributed by atoms with Crippen LogP contribution in [0.5, 0.6) is 0 Å². The topological polar surface area (TPSA) is 68.0 Å². The van der Waals surface area contributed by atoms with Crippen LogP contribution in [0.2, 0.25) is 0 Å². The number of alkyl halides is 3. The van der Waals surface area contributed by atoms with Gasteiger partial charge in [-0.2, -0.15) is 13.2 Å². The molecule has 4 nitrogen and oxygen atoms in total. The predicted octanol–water partition coefficient (Wildman–Crippen LogP) is 3.69. The standard InChI is InChI=1S/C16H16F3N3O/c1-2-8-21-15-13(14(20)23)11(16(17,18)19)9-12(22-15)10-6-4-3-5-7-10/h3-7,9H,2,8H2,1H3,(H2,20,23)(H,21,22). The molecule has 122 valence electrons. The van der Waals surface area contributed by atoms with Crippen LogP contribution in [-0.2, 0) is 6.18 Å². The number of amides is 1. The third-order valence-electron chi connectivity index (χ3n) is 3.18. The van der Waals surface area contributed by atoms with Crippen molar-refractivity contribution in [2.75, 3.05) is 11.9 Å². The van der Waals surface area contributed by atoms with Gasteiger partial charge in [0.1, 0.15) is 5.82 Å². The average molecular weight is 323 g/mol. The highest BCUT2D eigenvalue weighted by atomic mass is 19.4. The fraction of sp³-hybridized carbons (Fsp3) is 0.250. The van der Waals surface area contributed by atoms with Gasteiger partial charge in [0.25, 0.3) is 5.91 Å². The second kappa shape index (κ2) is 6.68. The minimum Gasteiger partial charge on any atom is -0.369 e. The molecule has 0 spiro atoms. The van der Waals surface area contributed by atoms with Crippen LogP contribution < -0.4 is 11.1 Å². The molecule has 2 rings (SSSR count). The number of nitrogens with two attached hydrogens (primary N) is 1. The van der Waals surface area contributed by atoms with E-state index in [0.29, 0.717) is 18.5 Å². The second-order valence-electron chi connectivity index (χ2n) is 4.93. The van der Waals surface area contributed by atoms with E-state index in [1.54, 1.807) is 30.3 Å². The Morgan fingerprint density at radius 3 is 2.43 bits per heavy atom. The van der Waals surface area contributed by atoms with E-state index in [-0.39, 0.29) is 11.5 Å². The third-order valence-corrected chi connectivity index (χ3v) is 3.18. The van der Waals surface area contributed by atoms with Crippen molar-refractivity contribution in [3.8, 4) is 11.3 Å². The number of benzene rings is 1. The summed E-state index contributed by atoms with van der Waals surface area (Å²) in [7, 11) is 0. The first-order valence-corrected chi connectivity index (χ1v) is 7.06. The zero-order valence-corrected chi connectivity index (χ0v) is 12.4. The maximum absolute atomic E-state index is 13.3. The number of carbonyl (C=O) groups excluding carboxylic acids is 1. The molecule has 0 aliphatic carbocycles. The Hall–Kier alpha value is -2.57. The average Bonchev–Trinajstić information content (AvgIpc) is 2.51. The molecule has 1 aromatic heterocycles. The highest BCUT2D eigenvalue weighted by molar-refractivity contribution is 6.00. The molecule has 0 saturated heterocycles. The number of anilines is 1. The van der Waals surface area contributed by atoms with E-state index in [4.69, 9.17) is 5.73 Å². The van der Waals surface area contributed by atoms with Crippen LogP contribution >= 0.6 is 0 Å². The molecule has 0 radical (unpaired) electrons. The lowest BCUT2D eigenvalue weighted by Crippen LogP contribution is -2.22. The maximum atomic E-state index is 13.3. The molecule has 0 aliphatic rings. The van der Waals surface area contributed by atoms with Gasteiger partial charge in [0.05, 0.1) is 16.8 Å². The predicted molar refractivity (Wildman–Crippen MR) is 82.0 cm³/mol. The van der Waals surface area contributed by atoms with Gasteiger partial charge in [-0.25, -0.2) is 4.98 Å². The number of carbonyl (C=O) groups is 1. The fourth-order valence-corrected chi connectivity index (χ4v) is 2.15. The Morgan fingerprint density at radius 2 is 1.91 bits per heavy atom. The summed E-state index contributed by atoms with van der Waals surface area (Å²) in [6, 6.07) is 9.30. The van der Waals surface area contributed by atoms with Crippen LogP contribution in [-0.4, -0.2) is 17.4 Å². The van der Waals surface area contributed by atoms with Crippen molar-refractivity contribution in [1.82, 2.24) is 4.98 Å². The number of nitrogens with zero attached hydrogens (tertiary/aromatic N) is 1. The first-order valence-electron chi connectivity index (χ1n) is 7.06. The van der Waals surface area contributed by atoms with Gasteiger partial charge >= 0.3 is 6.18 Å². The minimum absolute atomic E-state index is 0.126. The van der Waals surface area contributed by atoms with Crippen molar-refractivity contribution in [3.05, 3.63) is 47.5 Å². The summed E-state index contributed by atoms with van der Waals surface area (Å²) in [5.41, 5.74) is 4.08. The van der Waals surface area contributed by atoms with Crippen molar-refractivity contribution >= 4 is 11.7 Å². The smallest absolute Gasteiger partial charge is 0.369 e. The van der Waals surface area contributed by atoms with E-state index in [9.17, 15) is 18.0 Å². The monoisotopic (exact) mass is 323 g/mol. The van der Waals surface area contributed by atoms with Crippen LogP contribution in [0, 0.1) is 0 Å². The Kier molecular flexibility index (Phi) is 4.88. The summed E-state index contributed by atoms with van der Waals surface area (Å²) in [5, 5.41) is 2.75. The molecule has 0 bridgehead atoms. The number of rotatable bonds is 5. The van der Waals surface area contributed by atoms with Crippen LogP contribution in [0.3, 0.4) is 0 Å². The van der Waals surface area contributed by atoms with Crippen molar-refractivity contribution in [2.24, 2.45) is 5.73 Å². The summed E-state index contributed by atoms with van der Waals surface area (Å²) in [5.74, 6) is -1.31. The zero-order valence-electron chi connectivity index (χ0n) is 12.4. The lowest BCUT2D eigenvalue weighted by Gasteiger charge is -2.17. The normalized spacial score (nSPS) is 11.3. The van der Waals surface area contributed by atoms with E-state index in [1.807, 2.05) is 6.92 Å². The molecule has 0 saturated carbocycles. The number of hydrogen-bond donors (Lipinski definition) is 2. The van der Waals surface area contributed by atoms with Crippen LogP contribution in [0.4, 0.5) is 19.0 Å². The number of nitrogens with one attached hydrogen (secondary N) is 1. The van der Waals surface area contributed by atoms with Crippen molar-refractivity contribution in [1.29, 1.82) is 0 Å². The van der Waals surface area contributed by atoms with Gasteiger partial charge in [-0.1, -0.05) is 37.3 Å². The van der Waals surface area contributed by atoms with Crippen molar-refractivity contribution in [3.63, 3.8) is 0 Å². The Morgan fingerprint density at radius 1 is 1.26 bits per heavy atom. The molecular formula is C16H16F3N3O. The molecule has 0 atom stereocenters. The lowest BCUT2D eigenvalue weighted by atomic mass is 10.0. The number of halogens is 3. The zero-order chi connectivity index (χ0) is 17.0. The molecule has 7 heteroatoms. The highest BCUT2D eigenvalue weighted by Gasteiger charge is 2.37. The molecule has 23 heavy (non-hydrogen) atoms. The Balaban J connectivity index is 2.69. The molecule has 1 heterocycles. The summed E-state index contributed by atoms with van der Waals surface area (Å²) in [6.07, 6.45) is -4.05. The molecule has 0 unspecified atom stereocenters. The molecule has 0 fully saturated rings. The van der Waals surface area contributed by atoms with Crippen molar-refractivity contribution in [2.45, 2.75) is 19.5 Å². The van der Waals surface area contributed by atoms with Crippen LogP contribution in [0.25, 0.3) is 11.3 Å². The summed E-state index contributed by atoms with van der Waals surface area (Å²) in [4.78, 5) is 15.7. The summed E-state index contributed by atoms with van der Waals surface area (Å²) in [6.45, 7) is 2.23. The lowest BCUT2D eigenvalue weighted by molar-refractivity contribution is -0.137. The van der Waals surface area contributed by atoms with Crippen LogP contribution in [0.15, 0.2) is 36.4 Å². The Bertz CT molecular complexity index is 700. The van der Waals surface area contributed by atoms with E-state index in [2.05, 4.69) is 10.3 Å². The number of primary amides is 1. The van der Waals surface area contributed by atoms with Gasteiger partial charge < -0.3 is 11.1 Å². The molecule has 0 aliphatic heterocycles. The quantitative estimate of drug-likeness (QED) is 0.882. The van der Waals surface area contributed by atoms with E-state index in [0.717, 1.165) is 6.07 Å². The number of aromatic nitrogens is 1. The summed E-state index contributed by atoms with van der Waals surface area (Å²) < 4.78 is 40.0. The van der Waals surface area contributed by atoms with Gasteiger partial charge in [-0.15, -0.1) is 0 Å². The van der Waals surface area contributed by atoms with Gasteiger partial charge in [0, 0.05) is 12.1 Å². The first kappa shape index (κ1) is 16.8. The first-order chi connectivity index (χ1) is 10.8. The molecule has 1 amide bonds. The largest absolute Gasteiger partial charge is 0.417 e. The molecule has 2 aromatic rings. The third kappa shape index (κ3) is 3.80. The van der Waals surface area contributed by atoms with Crippen LogP contribution in [0.1, 0.15) is 29.3 Å². The van der Waals surface area contributed by atoms with E-state index < -0.39 is 23.2 Å². The van der Waals surface area contributed by atoms with E-state index >= 15 is 0 Å². The van der Waals surface area contributed by atoms with E-state index in [1.165, 1.54) is 0 Å². The highest BCUT2D eigenvalue weighted by Crippen LogP contribution is 2.37. The summed E-state index contributed by atoms with van der Waals surface area (Å²) >= 11 is 0. The van der Waals surface area contributed by atoms with Gasteiger partial charge in [-0.3, -0.25) is 4.79 Å². The SMILES string of the molecule is CCCNc1nc(-c2ccccc2)cc(C(F)(F)F)c1C(N)=O. The second-order valence-corrected chi connectivity index (χ2v) is 4.93. The van der Waals surface area contributed by atoms with Gasteiger partial charge in [0.15, 0.2) is 0 Å². The number of hydrogen-bond acceptors (Lipinski definition) is 3. The molecule has 1 aromatic carbocycles. The molecular weight excluding hydrogens is 307 g/mol. The van der Waals surface area contributed by atoms with Gasteiger partial charge in [0.2, 0.25) is 0 Å². The number of pyridine rings is 1. The maximum Gasteiger partial charge on any atom is 0.417 e.